The number of fused-ring (bicyclic) bond motifs is 1. The maximum absolute atomic E-state index is 5.31. The van der Waals surface area contributed by atoms with Crippen molar-refractivity contribution in [2.45, 2.75) is 64.6 Å². The summed E-state index contributed by atoms with van der Waals surface area (Å²) in [7, 11) is 0. The lowest BCUT2D eigenvalue weighted by atomic mass is 9.96. The van der Waals surface area contributed by atoms with Crippen LogP contribution in [0.3, 0.4) is 0 Å². The summed E-state index contributed by atoms with van der Waals surface area (Å²) in [5, 5.41) is 6.95. The number of hydrogen-bond acceptors (Lipinski definition) is 6. The smallest absolute Gasteiger partial charge is 0.227 e. The maximum Gasteiger partial charge on any atom is 0.227 e. The number of hydrogen-bond donors (Lipinski definition) is 2. The lowest BCUT2D eigenvalue weighted by Gasteiger charge is -2.23. The molecule has 7 nitrogen and oxygen atoms in total. The molecule has 0 aliphatic heterocycles. The normalized spacial score (nSPS) is 15.6. The fourth-order valence-electron chi connectivity index (χ4n) is 3.54. The van der Waals surface area contributed by atoms with Crippen LogP contribution in [-0.2, 0) is 6.54 Å². The summed E-state index contributed by atoms with van der Waals surface area (Å²) in [5.74, 6) is 1.41. The monoisotopic (exact) mass is 432 g/mol. The molecule has 0 spiro atoms. The number of nitrogens with one attached hydrogen (secondary N) is 2. The third kappa shape index (κ3) is 3.95. The van der Waals surface area contributed by atoms with Crippen molar-refractivity contribution in [2.24, 2.45) is 0 Å². The van der Waals surface area contributed by atoms with Crippen molar-refractivity contribution in [3.8, 4) is 0 Å². The van der Waals surface area contributed by atoms with E-state index in [4.69, 9.17) is 14.4 Å². The van der Waals surface area contributed by atoms with Gasteiger partial charge in [0, 0.05) is 24.2 Å². The van der Waals surface area contributed by atoms with Gasteiger partial charge in [0.1, 0.15) is 0 Å². The molecule has 3 heterocycles. The van der Waals surface area contributed by atoms with E-state index in [9.17, 15) is 0 Å². The Morgan fingerprint density at radius 3 is 2.78 bits per heavy atom. The van der Waals surface area contributed by atoms with Gasteiger partial charge in [0.05, 0.1) is 12.6 Å². The molecule has 1 saturated carbocycles. The standard InChI is InChI=1S/C19H25BrN6O/c1-12(2)26-11-22-15-17(21-10-13-8-9-27-16(13)20)24-19(25-18(15)26)23-14-6-4-3-5-7-14/h8-9,11-12,14H,3-7,10H2,1-2H3,(H2,21,23,24,25). The minimum Gasteiger partial charge on any atom is -0.457 e. The SMILES string of the molecule is CC(C)n1cnc2c(NCc3ccoc3Br)nc(NC3CCCCC3)nc21. The highest BCUT2D eigenvalue weighted by molar-refractivity contribution is 9.10. The molecule has 144 valence electrons. The van der Waals surface area contributed by atoms with Gasteiger partial charge in [-0.1, -0.05) is 19.3 Å². The lowest BCUT2D eigenvalue weighted by molar-refractivity contribution is 0.461. The van der Waals surface area contributed by atoms with Crippen LogP contribution in [0.15, 0.2) is 27.7 Å². The first-order chi connectivity index (χ1) is 13.1. The number of rotatable bonds is 6. The Morgan fingerprint density at radius 2 is 2.07 bits per heavy atom. The van der Waals surface area contributed by atoms with Gasteiger partial charge in [-0.25, -0.2) is 4.98 Å². The quantitative estimate of drug-likeness (QED) is 0.562. The van der Waals surface area contributed by atoms with Crippen molar-refractivity contribution in [1.29, 1.82) is 0 Å². The van der Waals surface area contributed by atoms with Crippen LogP contribution in [0.5, 0.6) is 0 Å². The third-order valence-electron chi connectivity index (χ3n) is 5.06. The van der Waals surface area contributed by atoms with E-state index in [2.05, 4.69) is 50.0 Å². The number of aromatic nitrogens is 4. The Balaban J connectivity index is 1.65. The van der Waals surface area contributed by atoms with Gasteiger partial charge in [0.15, 0.2) is 21.7 Å². The Morgan fingerprint density at radius 1 is 1.26 bits per heavy atom. The zero-order valence-electron chi connectivity index (χ0n) is 15.7. The van der Waals surface area contributed by atoms with Gasteiger partial charge in [0.2, 0.25) is 5.95 Å². The van der Waals surface area contributed by atoms with E-state index in [0.717, 1.165) is 27.2 Å². The van der Waals surface area contributed by atoms with Gasteiger partial charge in [-0.05, 0) is 48.7 Å². The molecule has 0 aromatic carbocycles. The first-order valence-electron chi connectivity index (χ1n) is 9.58. The molecule has 3 aromatic heterocycles. The fraction of sp³-hybridized carbons (Fsp3) is 0.526. The summed E-state index contributed by atoms with van der Waals surface area (Å²) < 4.78 is 8.13. The molecule has 0 unspecified atom stereocenters. The lowest BCUT2D eigenvalue weighted by Crippen LogP contribution is -2.24. The molecule has 0 saturated heterocycles. The number of imidazole rings is 1. The van der Waals surface area contributed by atoms with Crippen LogP contribution in [0.25, 0.3) is 11.2 Å². The van der Waals surface area contributed by atoms with Crippen LogP contribution in [0.2, 0.25) is 0 Å². The van der Waals surface area contributed by atoms with Crippen molar-refractivity contribution < 1.29 is 4.42 Å². The summed E-state index contributed by atoms with van der Waals surface area (Å²) in [6, 6.07) is 2.66. The number of nitrogens with zero attached hydrogens (tertiary/aromatic N) is 4. The average molecular weight is 433 g/mol. The Hall–Kier alpha value is -2.09. The second-order valence-corrected chi connectivity index (χ2v) is 8.09. The van der Waals surface area contributed by atoms with E-state index < -0.39 is 0 Å². The summed E-state index contributed by atoms with van der Waals surface area (Å²) in [6.07, 6.45) is 9.72. The number of furan rings is 1. The molecule has 1 aliphatic rings. The number of halogens is 1. The summed E-state index contributed by atoms with van der Waals surface area (Å²) in [5.41, 5.74) is 2.68. The van der Waals surface area contributed by atoms with Crippen LogP contribution < -0.4 is 10.6 Å². The molecule has 8 heteroatoms. The van der Waals surface area contributed by atoms with Gasteiger partial charge in [-0.3, -0.25) is 0 Å². The van der Waals surface area contributed by atoms with Crippen molar-refractivity contribution in [2.75, 3.05) is 10.6 Å². The Bertz CT molecular complexity index is 912. The van der Waals surface area contributed by atoms with Gasteiger partial charge in [-0.2, -0.15) is 9.97 Å². The predicted octanol–water partition coefficient (Wildman–Crippen LogP) is 5.12. The average Bonchev–Trinajstić information content (AvgIpc) is 3.26. The molecule has 0 atom stereocenters. The molecular formula is C19H25BrN6O. The molecule has 1 fully saturated rings. The molecule has 0 radical (unpaired) electrons. The molecular weight excluding hydrogens is 408 g/mol. The maximum atomic E-state index is 5.31. The summed E-state index contributed by atoms with van der Waals surface area (Å²) >= 11 is 3.42. The molecule has 4 rings (SSSR count). The molecule has 1 aliphatic carbocycles. The molecule has 3 aromatic rings. The largest absolute Gasteiger partial charge is 0.457 e. The molecule has 2 N–H and O–H groups in total. The molecule has 27 heavy (non-hydrogen) atoms. The van der Waals surface area contributed by atoms with E-state index in [1.54, 1.807) is 6.26 Å². The minimum absolute atomic E-state index is 0.281. The zero-order chi connectivity index (χ0) is 18.8. The fourth-order valence-corrected chi connectivity index (χ4v) is 3.92. The van der Waals surface area contributed by atoms with E-state index in [-0.39, 0.29) is 6.04 Å². The summed E-state index contributed by atoms with van der Waals surface area (Å²) in [6.45, 7) is 4.86. The van der Waals surface area contributed by atoms with Crippen LogP contribution in [0.1, 0.15) is 57.6 Å². The van der Waals surface area contributed by atoms with Crippen LogP contribution >= 0.6 is 15.9 Å². The topological polar surface area (TPSA) is 80.8 Å². The Labute approximate surface area is 167 Å². The van der Waals surface area contributed by atoms with Gasteiger partial charge >= 0.3 is 0 Å². The van der Waals surface area contributed by atoms with Crippen molar-refractivity contribution in [3.63, 3.8) is 0 Å². The second kappa shape index (κ2) is 7.88. The highest BCUT2D eigenvalue weighted by Crippen LogP contribution is 2.27. The van der Waals surface area contributed by atoms with E-state index >= 15 is 0 Å². The highest BCUT2D eigenvalue weighted by Gasteiger charge is 2.18. The molecule has 0 bridgehead atoms. The van der Waals surface area contributed by atoms with E-state index in [1.807, 2.05) is 12.4 Å². The van der Waals surface area contributed by atoms with E-state index in [0.29, 0.717) is 18.5 Å². The van der Waals surface area contributed by atoms with Crippen LogP contribution in [-0.4, -0.2) is 25.6 Å². The Kier molecular flexibility index (Phi) is 5.33. The van der Waals surface area contributed by atoms with Crippen molar-refractivity contribution >= 4 is 38.9 Å². The van der Waals surface area contributed by atoms with Crippen molar-refractivity contribution in [1.82, 2.24) is 19.5 Å². The van der Waals surface area contributed by atoms with E-state index in [1.165, 1.54) is 32.1 Å². The summed E-state index contributed by atoms with van der Waals surface area (Å²) in [4.78, 5) is 14.1. The minimum atomic E-state index is 0.281. The first kappa shape index (κ1) is 18.3. The van der Waals surface area contributed by atoms with Gasteiger partial charge < -0.3 is 19.6 Å². The number of anilines is 2. The van der Waals surface area contributed by atoms with Gasteiger partial charge in [0.25, 0.3) is 0 Å². The second-order valence-electron chi connectivity index (χ2n) is 7.37. The van der Waals surface area contributed by atoms with Crippen LogP contribution in [0, 0.1) is 0 Å². The highest BCUT2D eigenvalue weighted by atomic mass is 79.9. The van der Waals surface area contributed by atoms with Gasteiger partial charge in [-0.15, -0.1) is 0 Å². The van der Waals surface area contributed by atoms with Crippen LogP contribution in [0.4, 0.5) is 11.8 Å². The third-order valence-corrected chi connectivity index (χ3v) is 5.75. The predicted molar refractivity (Wildman–Crippen MR) is 110 cm³/mol. The van der Waals surface area contributed by atoms with Crippen molar-refractivity contribution in [3.05, 3.63) is 28.9 Å². The first-order valence-corrected chi connectivity index (χ1v) is 10.4. The zero-order valence-corrected chi connectivity index (χ0v) is 17.3. The molecule has 0 amide bonds.